The molecular weight excluding hydrogens is 289 g/mol. The predicted octanol–water partition coefficient (Wildman–Crippen LogP) is 2.80. The number of amides is 2. The minimum Gasteiger partial charge on any atom is -0.338 e. The second-order valence-corrected chi connectivity index (χ2v) is 5.39. The molecule has 0 spiro atoms. The average molecular weight is 303 g/mol. The van der Waals surface area contributed by atoms with Gasteiger partial charge in [0, 0.05) is 23.5 Å². The maximum absolute atomic E-state index is 13.6. The highest BCUT2D eigenvalue weighted by molar-refractivity contribution is 7.09. The van der Waals surface area contributed by atoms with E-state index in [9.17, 15) is 9.18 Å². The van der Waals surface area contributed by atoms with Crippen molar-refractivity contribution in [2.24, 2.45) is 0 Å². The molecule has 0 aliphatic heterocycles. The molecule has 0 bridgehead atoms. The first-order valence-electron chi connectivity index (χ1n) is 6.41. The number of benzene rings is 1. The van der Waals surface area contributed by atoms with Gasteiger partial charge in [-0.25, -0.2) is 9.18 Å². The van der Waals surface area contributed by atoms with Crippen molar-refractivity contribution in [2.75, 3.05) is 6.54 Å². The van der Waals surface area contributed by atoms with Crippen molar-refractivity contribution in [2.45, 2.75) is 13.0 Å². The molecule has 6 heteroatoms. The number of nitrogens with one attached hydrogen (secondary N) is 2. The largest absolute Gasteiger partial charge is 0.338 e. The van der Waals surface area contributed by atoms with Crippen LogP contribution in [0.15, 0.2) is 35.7 Å². The molecule has 1 heterocycles. The van der Waals surface area contributed by atoms with Crippen molar-refractivity contribution >= 4 is 17.4 Å². The Hall–Kier alpha value is -2.39. The summed E-state index contributed by atoms with van der Waals surface area (Å²) in [5.74, 6) is -0.493. The number of hydrogen-bond acceptors (Lipinski definition) is 3. The van der Waals surface area contributed by atoms with Crippen molar-refractivity contribution in [3.63, 3.8) is 0 Å². The minimum atomic E-state index is -0.493. The van der Waals surface area contributed by atoms with Gasteiger partial charge in [-0.1, -0.05) is 12.1 Å². The van der Waals surface area contributed by atoms with Gasteiger partial charge in [0.05, 0.1) is 11.6 Å². The number of rotatable bonds is 5. The summed E-state index contributed by atoms with van der Waals surface area (Å²) in [7, 11) is 0. The van der Waals surface area contributed by atoms with Crippen LogP contribution in [-0.4, -0.2) is 12.6 Å². The van der Waals surface area contributed by atoms with Crippen molar-refractivity contribution in [1.29, 1.82) is 5.26 Å². The van der Waals surface area contributed by atoms with E-state index in [0.29, 0.717) is 12.1 Å². The number of nitriles is 1. The van der Waals surface area contributed by atoms with E-state index >= 15 is 0 Å². The molecule has 1 aromatic carbocycles. The van der Waals surface area contributed by atoms with Crippen LogP contribution in [0.3, 0.4) is 0 Å². The number of urea groups is 1. The van der Waals surface area contributed by atoms with Gasteiger partial charge in [-0.15, -0.1) is 11.3 Å². The molecule has 0 radical (unpaired) electrons. The van der Waals surface area contributed by atoms with Gasteiger partial charge in [0.25, 0.3) is 0 Å². The maximum atomic E-state index is 13.6. The standard InChI is InChI=1S/C15H14FN3OS/c16-14-8-11(9-17)3-4-12(14)10-19-15(20)18-6-5-13-2-1-7-21-13/h1-4,7-8H,5-6,10H2,(H2,18,19,20). The summed E-state index contributed by atoms with van der Waals surface area (Å²) in [5, 5.41) is 15.9. The zero-order valence-corrected chi connectivity index (χ0v) is 12.0. The summed E-state index contributed by atoms with van der Waals surface area (Å²) in [6.45, 7) is 0.616. The van der Waals surface area contributed by atoms with Crippen molar-refractivity contribution in [1.82, 2.24) is 10.6 Å². The SMILES string of the molecule is N#Cc1ccc(CNC(=O)NCCc2cccs2)c(F)c1. The van der Waals surface area contributed by atoms with Crippen LogP contribution in [0.4, 0.5) is 9.18 Å². The van der Waals surface area contributed by atoms with E-state index in [4.69, 9.17) is 5.26 Å². The zero-order chi connectivity index (χ0) is 15.1. The Kier molecular flexibility index (Phi) is 5.29. The first kappa shape index (κ1) is 15.0. The highest BCUT2D eigenvalue weighted by atomic mass is 32.1. The summed E-state index contributed by atoms with van der Waals surface area (Å²) < 4.78 is 13.6. The van der Waals surface area contributed by atoms with Gasteiger partial charge in [-0.3, -0.25) is 0 Å². The number of carbonyl (C=O) groups excluding carboxylic acids is 1. The van der Waals surface area contributed by atoms with Crippen molar-refractivity contribution in [3.05, 3.63) is 57.5 Å². The second kappa shape index (κ2) is 7.41. The first-order valence-corrected chi connectivity index (χ1v) is 7.29. The average Bonchev–Trinajstić information content (AvgIpc) is 2.99. The van der Waals surface area contributed by atoms with E-state index in [2.05, 4.69) is 10.6 Å². The number of nitrogens with zero attached hydrogens (tertiary/aromatic N) is 1. The maximum Gasteiger partial charge on any atom is 0.315 e. The van der Waals surface area contributed by atoms with Gasteiger partial charge >= 0.3 is 6.03 Å². The molecule has 1 aromatic heterocycles. The van der Waals surface area contributed by atoms with Gasteiger partial charge in [0.15, 0.2) is 0 Å². The van der Waals surface area contributed by atoms with Crippen molar-refractivity contribution < 1.29 is 9.18 Å². The number of carbonyl (C=O) groups is 1. The quantitative estimate of drug-likeness (QED) is 0.892. The molecule has 21 heavy (non-hydrogen) atoms. The fourth-order valence-corrected chi connectivity index (χ4v) is 2.46. The molecule has 2 rings (SSSR count). The lowest BCUT2D eigenvalue weighted by Crippen LogP contribution is -2.36. The summed E-state index contributed by atoms with van der Waals surface area (Å²) in [5.41, 5.74) is 0.610. The molecule has 0 atom stereocenters. The smallest absolute Gasteiger partial charge is 0.315 e. The van der Waals surface area contributed by atoms with Crippen LogP contribution < -0.4 is 10.6 Å². The third-order valence-corrected chi connectivity index (χ3v) is 3.79. The topological polar surface area (TPSA) is 64.9 Å². The van der Waals surface area contributed by atoms with E-state index in [1.165, 1.54) is 17.0 Å². The van der Waals surface area contributed by atoms with Gasteiger partial charge in [0.2, 0.25) is 0 Å². The van der Waals surface area contributed by atoms with Gasteiger partial charge in [-0.2, -0.15) is 5.26 Å². The van der Waals surface area contributed by atoms with Crippen LogP contribution >= 0.6 is 11.3 Å². The lowest BCUT2D eigenvalue weighted by molar-refractivity contribution is 0.240. The normalized spacial score (nSPS) is 9.90. The van der Waals surface area contributed by atoms with E-state index < -0.39 is 5.82 Å². The number of hydrogen-bond donors (Lipinski definition) is 2. The van der Waals surface area contributed by atoms with Crippen LogP contribution in [-0.2, 0) is 13.0 Å². The molecule has 2 N–H and O–H groups in total. The monoisotopic (exact) mass is 303 g/mol. The fourth-order valence-electron chi connectivity index (χ4n) is 1.75. The Bertz CT molecular complexity index is 649. The van der Waals surface area contributed by atoms with Crippen LogP contribution in [0.1, 0.15) is 16.0 Å². The highest BCUT2D eigenvalue weighted by Crippen LogP contribution is 2.10. The van der Waals surface area contributed by atoms with Crippen LogP contribution in [0.2, 0.25) is 0 Å². The molecule has 0 saturated heterocycles. The minimum absolute atomic E-state index is 0.0857. The summed E-state index contributed by atoms with van der Waals surface area (Å²) in [6, 6.07) is 9.68. The molecule has 2 amide bonds. The Labute approximate surface area is 126 Å². The third kappa shape index (κ3) is 4.58. The molecule has 0 aliphatic rings. The fraction of sp³-hybridized carbons (Fsp3) is 0.200. The van der Waals surface area contributed by atoms with Gasteiger partial charge < -0.3 is 10.6 Å². The van der Waals surface area contributed by atoms with Crippen LogP contribution in [0.5, 0.6) is 0 Å². The molecular formula is C15H14FN3OS. The Morgan fingerprint density at radius 2 is 2.19 bits per heavy atom. The van der Waals surface area contributed by atoms with Crippen molar-refractivity contribution in [3.8, 4) is 6.07 Å². The lowest BCUT2D eigenvalue weighted by atomic mass is 10.1. The molecule has 0 aliphatic carbocycles. The molecule has 0 unspecified atom stereocenters. The van der Waals surface area contributed by atoms with E-state index in [-0.39, 0.29) is 18.1 Å². The van der Waals surface area contributed by atoms with Crippen LogP contribution in [0.25, 0.3) is 0 Å². The predicted molar refractivity (Wildman–Crippen MR) is 79.4 cm³/mol. The van der Waals surface area contributed by atoms with Gasteiger partial charge in [-0.05, 0) is 30.0 Å². The summed E-state index contributed by atoms with van der Waals surface area (Å²) >= 11 is 1.64. The van der Waals surface area contributed by atoms with E-state index in [1.807, 2.05) is 23.6 Å². The Balaban J connectivity index is 1.75. The molecule has 0 saturated carbocycles. The Morgan fingerprint density at radius 1 is 1.33 bits per heavy atom. The molecule has 4 nitrogen and oxygen atoms in total. The summed E-state index contributed by atoms with van der Waals surface area (Å²) in [4.78, 5) is 12.8. The molecule has 2 aromatic rings. The molecule has 108 valence electrons. The highest BCUT2D eigenvalue weighted by Gasteiger charge is 2.06. The Morgan fingerprint density at radius 3 is 2.86 bits per heavy atom. The molecule has 0 fully saturated rings. The van der Waals surface area contributed by atoms with E-state index in [1.54, 1.807) is 11.3 Å². The van der Waals surface area contributed by atoms with Crippen LogP contribution in [0, 0.1) is 17.1 Å². The zero-order valence-electron chi connectivity index (χ0n) is 11.2. The lowest BCUT2D eigenvalue weighted by Gasteiger charge is -2.08. The van der Waals surface area contributed by atoms with Gasteiger partial charge in [0.1, 0.15) is 5.82 Å². The second-order valence-electron chi connectivity index (χ2n) is 4.36. The number of thiophene rings is 1. The first-order chi connectivity index (χ1) is 10.2. The third-order valence-electron chi connectivity index (χ3n) is 2.86. The summed E-state index contributed by atoms with van der Waals surface area (Å²) in [6.07, 6.45) is 0.774. The number of halogens is 1. The van der Waals surface area contributed by atoms with E-state index in [0.717, 1.165) is 12.5 Å².